The van der Waals surface area contributed by atoms with Crippen molar-refractivity contribution in [3.8, 4) is 28.0 Å². The molecule has 0 N–H and O–H groups in total. The molecule has 0 aliphatic heterocycles. The Kier molecular flexibility index (Phi) is 6.12. The van der Waals surface area contributed by atoms with Crippen LogP contribution in [0.25, 0.3) is 22.3 Å². The fraction of sp³-hybridized carbons (Fsp3) is 0.217. The maximum absolute atomic E-state index is 14.6. The minimum absolute atomic E-state index is 0.0424. The topological polar surface area (TPSA) is 9.23 Å². The van der Waals surface area contributed by atoms with Gasteiger partial charge in [0, 0.05) is 10.6 Å². The number of hydrogen-bond acceptors (Lipinski definition) is 1. The third-order valence-electron chi connectivity index (χ3n) is 4.49. The highest BCUT2D eigenvalue weighted by atomic mass is 35.5. The van der Waals surface area contributed by atoms with Gasteiger partial charge in [-0.05, 0) is 59.9 Å². The first-order chi connectivity index (χ1) is 13.0. The summed E-state index contributed by atoms with van der Waals surface area (Å²) in [6.07, 6.45) is 1.73. The molecule has 0 bridgehead atoms. The molecule has 140 valence electrons. The first kappa shape index (κ1) is 19.4. The summed E-state index contributed by atoms with van der Waals surface area (Å²) in [5.41, 5.74) is 3.87. The van der Waals surface area contributed by atoms with Crippen LogP contribution in [0.2, 0.25) is 5.02 Å². The van der Waals surface area contributed by atoms with Gasteiger partial charge in [-0.15, -0.1) is 0 Å². The van der Waals surface area contributed by atoms with Gasteiger partial charge in [-0.25, -0.2) is 4.39 Å². The molecule has 3 aromatic rings. The third kappa shape index (κ3) is 4.30. The Balaban J connectivity index is 1.91. The Morgan fingerprint density at radius 1 is 0.852 bits per heavy atom. The quantitative estimate of drug-likeness (QED) is 0.400. The van der Waals surface area contributed by atoms with Crippen LogP contribution < -0.4 is 4.74 Å². The number of aryl methyl sites for hydroxylation is 1. The van der Waals surface area contributed by atoms with Crippen LogP contribution in [0.4, 0.5) is 8.78 Å². The van der Waals surface area contributed by atoms with Crippen LogP contribution in [0.15, 0.2) is 54.6 Å². The van der Waals surface area contributed by atoms with E-state index in [9.17, 15) is 8.78 Å². The summed E-state index contributed by atoms with van der Waals surface area (Å²) >= 11 is 5.94. The van der Waals surface area contributed by atoms with Gasteiger partial charge in [0.15, 0.2) is 11.6 Å². The smallest absolute Gasteiger partial charge is 0.201 e. The zero-order valence-corrected chi connectivity index (χ0v) is 16.1. The normalized spacial score (nSPS) is 10.9. The highest BCUT2D eigenvalue weighted by Crippen LogP contribution is 2.33. The molecule has 0 saturated heterocycles. The highest BCUT2D eigenvalue weighted by molar-refractivity contribution is 6.30. The van der Waals surface area contributed by atoms with Crippen molar-refractivity contribution in [2.75, 3.05) is 6.61 Å². The first-order valence-electron chi connectivity index (χ1n) is 8.99. The fourth-order valence-electron chi connectivity index (χ4n) is 2.98. The average molecular weight is 387 g/mol. The van der Waals surface area contributed by atoms with Gasteiger partial charge in [0.2, 0.25) is 5.82 Å². The lowest BCUT2D eigenvalue weighted by atomic mass is 9.95. The van der Waals surface area contributed by atoms with Crippen molar-refractivity contribution in [2.45, 2.75) is 26.7 Å². The Morgan fingerprint density at radius 3 is 2.19 bits per heavy atom. The van der Waals surface area contributed by atoms with Crippen molar-refractivity contribution < 1.29 is 13.5 Å². The van der Waals surface area contributed by atoms with Crippen LogP contribution in [-0.4, -0.2) is 6.61 Å². The minimum Gasteiger partial charge on any atom is -0.490 e. The van der Waals surface area contributed by atoms with Gasteiger partial charge in [-0.1, -0.05) is 55.3 Å². The van der Waals surface area contributed by atoms with Gasteiger partial charge in [0.1, 0.15) is 0 Å². The van der Waals surface area contributed by atoms with Gasteiger partial charge < -0.3 is 4.74 Å². The molecular weight excluding hydrogens is 366 g/mol. The second kappa shape index (κ2) is 8.53. The minimum atomic E-state index is -0.942. The zero-order valence-electron chi connectivity index (χ0n) is 15.4. The SMILES string of the molecule is CCCCOc1ccc(-c2ccc(-c3ccc(Cl)cc3)c(C)c2)c(F)c1F. The zero-order chi connectivity index (χ0) is 19.4. The number of rotatable bonds is 6. The summed E-state index contributed by atoms with van der Waals surface area (Å²) in [5.74, 6) is -1.87. The summed E-state index contributed by atoms with van der Waals surface area (Å²) in [6, 6.07) is 16.2. The van der Waals surface area contributed by atoms with Crippen LogP contribution in [0.5, 0.6) is 5.75 Å². The van der Waals surface area contributed by atoms with Gasteiger partial charge in [0.25, 0.3) is 0 Å². The molecule has 27 heavy (non-hydrogen) atoms. The summed E-state index contributed by atoms with van der Waals surface area (Å²) < 4.78 is 34.3. The summed E-state index contributed by atoms with van der Waals surface area (Å²) in [6.45, 7) is 4.34. The number of benzene rings is 3. The van der Waals surface area contributed by atoms with Gasteiger partial charge in [0.05, 0.1) is 6.61 Å². The summed E-state index contributed by atoms with van der Waals surface area (Å²) in [4.78, 5) is 0. The van der Waals surface area contributed by atoms with E-state index in [4.69, 9.17) is 16.3 Å². The van der Waals surface area contributed by atoms with Crippen LogP contribution >= 0.6 is 11.6 Å². The van der Waals surface area contributed by atoms with E-state index in [1.54, 1.807) is 12.1 Å². The predicted molar refractivity (Wildman–Crippen MR) is 107 cm³/mol. The molecule has 0 heterocycles. The van der Waals surface area contributed by atoms with Crippen LogP contribution in [0.1, 0.15) is 25.3 Å². The number of halogens is 3. The molecule has 0 aliphatic rings. The third-order valence-corrected chi connectivity index (χ3v) is 4.75. The van der Waals surface area contributed by atoms with Crippen molar-refractivity contribution in [3.63, 3.8) is 0 Å². The molecule has 0 fully saturated rings. The van der Waals surface area contributed by atoms with Crippen molar-refractivity contribution in [2.24, 2.45) is 0 Å². The van der Waals surface area contributed by atoms with Crippen LogP contribution in [0, 0.1) is 18.6 Å². The van der Waals surface area contributed by atoms with E-state index in [-0.39, 0.29) is 11.3 Å². The highest BCUT2D eigenvalue weighted by Gasteiger charge is 2.16. The van der Waals surface area contributed by atoms with Crippen molar-refractivity contribution in [1.82, 2.24) is 0 Å². The monoisotopic (exact) mass is 386 g/mol. The molecule has 3 aromatic carbocycles. The molecule has 0 amide bonds. The molecule has 0 aromatic heterocycles. The van der Waals surface area contributed by atoms with Gasteiger partial charge in [-0.2, -0.15) is 4.39 Å². The second-order valence-corrected chi connectivity index (χ2v) is 6.91. The molecule has 3 rings (SSSR count). The fourth-order valence-corrected chi connectivity index (χ4v) is 3.10. The van der Waals surface area contributed by atoms with E-state index in [1.807, 2.05) is 50.2 Å². The van der Waals surface area contributed by atoms with E-state index in [2.05, 4.69) is 0 Å². The van der Waals surface area contributed by atoms with E-state index < -0.39 is 11.6 Å². The van der Waals surface area contributed by atoms with Gasteiger partial charge >= 0.3 is 0 Å². The Hall–Kier alpha value is -2.39. The molecule has 0 spiro atoms. The van der Waals surface area contributed by atoms with E-state index in [0.717, 1.165) is 29.5 Å². The maximum atomic E-state index is 14.6. The Labute approximate surface area is 163 Å². The van der Waals surface area contributed by atoms with E-state index in [1.165, 1.54) is 6.07 Å². The summed E-state index contributed by atoms with van der Waals surface area (Å²) in [5, 5.41) is 0.673. The molecule has 4 heteroatoms. The van der Waals surface area contributed by atoms with Crippen molar-refractivity contribution >= 4 is 11.6 Å². The predicted octanol–water partition coefficient (Wildman–Crippen LogP) is 7.44. The summed E-state index contributed by atoms with van der Waals surface area (Å²) in [7, 11) is 0. The van der Waals surface area contributed by atoms with Crippen molar-refractivity contribution in [3.05, 3.63) is 76.8 Å². The number of hydrogen-bond donors (Lipinski definition) is 0. The standard InChI is InChI=1S/C23H21ClF2O/c1-3-4-13-27-21-12-11-20(22(25)23(21)26)17-7-10-19(15(2)14-17)16-5-8-18(24)9-6-16/h5-12,14H,3-4,13H2,1-2H3. The first-order valence-corrected chi connectivity index (χ1v) is 9.36. The van der Waals surface area contributed by atoms with Crippen LogP contribution in [0.3, 0.4) is 0 Å². The molecular formula is C23H21ClF2O. The largest absolute Gasteiger partial charge is 0.490 e. The van der Waals surface area contributed by atoms with Gasteiger partial charge in [-0.3, -0.25) is 0 Å². The number of unbranched alkanes of at least 4 members (excludes halogenated alkanes) is 1. The molecule has 0 saturated carbocycles. The van der Waals surface area contributed by atoms with E-state index >= 15 is 0 Å². The van der Waals surface area contributed by atoms with Crippen LogP contribution in [-0.2, 0) is 0 Å². The Bertz CT molecular complexity index is 936. The lowest BCUT2D eigenvalue weighted by molar-refractivity contribution is 0.289. The number of ether oxygens (including phenoxy) is 1. The Morgan fingerprint density at radius 2 is 1.52 bits per heavy atom. The molecule has 0 radical (unpaired) electrons. The lowest BCUT2D eigenvalue weighted by Gasteiger charge is -2.12. The molecule has 0 atom stereocenters. The average Bonchev–Trinajstić information content (AvgIpc) is 2.66. The lowest BCUT2D eigenvalue weighted by Crippen LogP contribution is -2.01. The molecule has 0 unspecified atom stereocenters. The molecule has 0 aliphatic carbocycles. The second-order valence-electron chi connectivity index (χ2n) is 6.48. The van der Waals surface area contributed by atoms with Crippen molar-refractivity contribution in [1.29, 1.82) is 0 Å². The maximum Gasteiger partial charge on any atom is 0.201 e. The van der Waals surface area contributed by atoms with E-state index in [0.29, 0.717) is 17.2 Å². The molecule has 1 nitrogen and oxygen atoms in total.